The van der Waals surface area contributed by atoms with Gasteiger partial charge in [-0.3, -0.25) is 4.79 Å². The minimum atomic E-state index is -0.382. The lowest BCUT2D eigenvalue weighted by Gasteiger charge is -2.12. The summed E-state index contributed by atoms with van der Waals surface area (Å²) in [5.41, 5.74) is 2.35. The molecule has 0 radical (unpaired) electrons. The molecule has 2 N–H and O–H groups in total. The Morgan fingerprint density at radius 2 is 1.71 bits per heavy atom. The molecule has 0 bridgehead atoms. The molecule has 8 heteroatoms. The Morgan fingerprint density at radius 3 is 2.46 bits per heavy atom. The van der Waals surface area contributed by atoms with Crippen molar-refractivity contribution in [2.24, 2.45) is 0 Å². The van der Waals surface area contributed by atoms with Crippen molar-refractivity contribution in [3.05, 3.63) is 64.9 Å². The topological polar surface area (TPSA) is 85.4 Å². The number of carbonyl (C=O) groups is 1. The zero-order valence-corrected chi connectivity index (χ0v) is 16.4. The molecule has 1 heterocycles. The van der Waals surface area contributed by atoms with Crippen molar-refractivity contribution in [1.29, 1.82) is 0 Å². The van der Waals surface area contributed by atoms with Crippen LogP contribution in [0.25, 0.3) is 0 Å². The third-order valence-electron chi connectivity index (χ3n) is 3.90. The van der Waals surface area contributed by atoms with Crippen LogP contribution in [-0.4, -0.2) is 30.1 Å². The number of amides is 1. The number of hydrogen-bond acceptors (Lipinski definition) is 6. The predicted octanol–water partition coefficient (Wildman–Crippen LogP) is 4.45. The summed E-state index contributed by atoms with van der Waals surface area (Å²) in [6, 6.07) is 12.2. The summed E-state index contributed by atoms with van der Waals surface area (Å²) < 4.78 is 10.6. The first kappa shape index (κ1) is 19.4. The van der Waals surface area contributed by atoms with E-state index in [0.717, 1.165) is 5.56 Å². The molecule has 0 aliphatic heterocycles. The van der Waals surface area contributed by atoms with E-state index in [1.807, 2.05) is 19.1 Å². The second-order valence-electron chi connectivity index (χ2n) is 5.89. The lowest BCUT2D eigenvalue weighted by atomic mass is 10.2. The Balaban J connectivity index is 1.83. The SMILES string of the molecule is COc1ccc(C)cc1NC(=O)c1ccnc(Nc2cc(Cl)ccc2OC)n1. The quantitative estimate of drug-likeness (QED) is 0.638. The largest absolute Gasteiger partial charge is 0.495 e. The van der Waals surface area contributed by atoms with E-state index >= 15 is 0 Å². The first-order valence-electron chi connectivity index (χ1n) is 8.39. The van der Waals surface area contributed by atoms with Crippen LogP contribution in [0.15, 0.2) is 48.7 Å². The summed E-state index contributed by atoms with van der Waals surface area (Å²) in [5, 5.41) is 6.36. The minimum absolute atomic E-state index is 0.196. The summed E-state index contributed by atoms with van der Waals surface area (Å²) in [6.45, 7) is 1.93. The van der Waals surface area contributed by atoms with E-state index in [4.69, 9.17) is 21.1 Å². The van der Waals surface area contributed by atoms with Gasteiger partial charge in [-0.2, -0.15) is 0 Å². The van der Waals surface area contributed by atoms with E-state index in [2.05, 4.69) is 20.6 Å². The summed E-state index contributed by atoms with van der Waals surface area (Å²) >= 11 is 6.04. The lowest BCUT2D eigenvalue weighted by Crippen LogP contribution is -2.15. The first-order chi connectivity index (χ1) is 13.5. The summed E-state index contributed by atoms with van der Waals surface area (Å²) in [5.74, 6) is 0.999. The van der Waals surface area contributed by atoms with Crippen LogP contribution in [0, 0.1) is 6.92 Å². The summed E-state index contributed by atoms with van der Waals surface area (Å²) in [7, 11) is 3.10. The van der Waals surface area contributed by atoms with E-state index in [0.29, 0.717) is 27.9 Å². The zero-order valence-electron chi connectivity index (χ0n) is 15.6. The van der Waals surface area contributed by atoms with Crippen molar-refractivity contribution in [3.8, 4) is 11.5 Å². The van der Waals surface area contributed by atoms with Crippen molar-refractivity contribution < 1.29 is 14.3 Å². The number of hydrogen-bond donors (Lipinski definition) is 2. The number of methoxy groups -OCH3 is 2. The van der Waals surface area contributed by atoms with E-state index in [1.54, 1.807) is 38.5 Å². The van der Waals surface area contributed by atoms with Crippen LogP contribution in [-0.2, 0) is 0 Å². The van der Waals surface area contributed by atoms with Gasteiger partial charge in [-0.05, 0) is 48.9 Å². The highest BCUT2D eigenvalue weighted by molar-refractivity contribution is 6.31. The molecule has 1 amide bonds. The van der Waals surface area contributed by atoms with Crippen LogP contribution in [0.3, 0.4) is 0 Å². The predicted molar refractivity (Wildman–Crippen MR) is 109 cm³/mol. The van der Waals surface area contributed by atoms with Crippen LogP contribution in [0.5, 0.6) is 11.5 Å². The van der Waals surface area contributed by atoms with Crippen LogP contribution in [0.2, 0.25) is 5.02 Å². The van der Waals surface area contributed by atoms with Gasteiger partial charge in [0.1, 0.15) is 17.2 Å². The van der Waals surface area contributed by atoms with Crippen LogP contribution < -0.4 is 20.1 Å². The van der Waals surface area contributed by atoms with Gasteiger partial charge in [0.05, 0.1) is 25.6 Å². The molecule has 0 atom stereocenters. The molecule has 0 fully saturated rings. The molecular formula is C20H19ClN4O3. The number of anilines is 3. The fourth-order valence-corrected chi connectivity index (χ4v) is 2.72. The molecule has 0 saturated carbocycles. The van der Waals surface area contributed by atoms with Gasteiger partial charge in [-0.15, -0.1) is 0 Å². The maximum absolute atomic E-state index is 12.6. The molecule has 3 aromatic rings. The van der Waals surface area contributed by atoms with Crippen molar-refractivity contribution in [3.63, 3.8) is 0 Å². The van der Waals surface area contributed by atoms with E-state index < -0.39 is 0 Å². The molecule has 0 aliphatic rings. The Kier molecular flexibility index (Phi) is 5.96. The number of aromatic nitrogens is 2. The van der Waals surface area contributed by atoms with E-state index in [-0.39, 0.29) is 17.5 Å². The Labute approximate surface area is 167 Å². The molecule has 3 rings (SSSR count). The van der Waals surface area contributed by atoms with Crippen LogP contribution in [0.4, 0.5) is 17.3 Å². The molecule has 0 spiro atoms. The first-order valence-corrected chi connectivity index (χ1v) is 8.77. The van der Waals surface area contributed by atoms with Crippen molar-refractivity contribution >= 4 is 34.8 Å². The molecule has 1 aromatic heterocycles. The number of benzene rings is 2. The van der Waals surface area contributed by atoms with Crippen molar-refractivity contribution in [2.45, 2.75) is 6.92 Å². The number of rotatable bonds is 6. The highest BCUT2D eigenvalue weighted by Crippen LogP contribution is 2.29. The Bertz CT molecular complexity index is 1010. The van der Waals surface area contributed by atoms with E-state index in [9.17, 15) is 4.79 Å². The minimum Gasteiger partial charge on any atom is -0.495 e. The maximum atomic E-state index is 12.6. The average molecular weight is 399 g/mol. The van der Waals surface area contributed by atoms with Gasteiger partial charge in [0, 0.05) is 11.2 Å². The second kappa shape index (κ2) is 8.58. The number of ether oxygens (including phenoxy) is 2. The normalized spacial score (nSPS) is 10.3. The molecule has 28 heavy (non-hydrogen) atoms. The van der Waals surface area contributed by atoms with Gasteiger partial charge in [-0.1, -0.05) is 17.7 Å². The second-order valence-corrected chi connectivity index (χ2v) is 6.33. The zero-order chi connectivity index (χ0) is 20.1. The lowest BCUT2D eigenvalue weighted by molar-refractivity contribution is 0.102. The number of carbonyl (C=O) groups excluding carboxylic acids is 1. The number of nitrogens with zero attached hydrogens (tertiary/aromatic N) is 2. The van der Waals surface area contributed by atoms with E-state index in [1.165, 1.54) is 12.3 Å². The molecule has 2 aromatic carbocycles. The third-order valence-corrected chi connectivity index (χ3v) is 4.13. The van der Waals surface area contributed by atoms with Crippen LogP contribution in [0.1, 0.15) is 16.1 Å². The highest BCUT2D eigenvalue weighted by atomic mass is 35.5. The summed E-state index contributed by atoms with van der Waals surface area (Å²) in [6.07, 6.45) is 1.49. The summed E-state index contributed by atoms with van der Waals surface area (Å²) in [4.78, 5) is 21.1. The average Bonchev–Trinajstić information content (AvgIpc) is 2.68. The van der Waals surface area contributed by atoms with Gasteiger partial charge in [0.15, 0.2) is 0 Å². The number of halogens is 1. The van der Waals surface area contributed by atoms with Gasteiger partial charge < -0.3 is 20.1 Å². The van der Waals surface area contributed by atoms with Gasteiger partial charge >= 0.3 is 0 Å². The Hall–Kier alpha value is -3.32. The fourth-order valence-electron chi connectivity index (χ4n) is 2.55. The van der Waals surface area contributed by atoms with Gasteiger partial charge in [-0.25, -0.2) is 9.97 Å². The van der Waals surface area contributed by atoms with Gasteiger partial charge in [0.25, 0.3) is 5.91 Å². The standard InChI is InChI=1S/C20H19ClN4O3/c1-12-4-6-17(27-2)15(10-12)23-19(26)14-8-9-22-20(24-14)25-16-11-13(21)5-7-18(16)28-3/h4-11H,1-3H3,(H,23,26)(H,22,24,25). The van der Waals surface area contributed by atoms with Crippen LogP contribution >= 0.6 is 11.6 Å². The van der Waals surface area contributed by atoms with Crippen molar-refractivity contribution in [2.75, 3.05) is 24.9 Å². The van der Waals surface area contributed by atoms with Gasteiger partial charge in [0.2, 0.25) is 5.95 Å². The maximum Gasteiger partial charge on any atom is 0.274 e. The molecular weight excluding hydrogens is 380 g/mol. The van der Waals surface area contributed by atoms with Crippen molar-refractivity contribution in [1.82, 2.24) is 9.97 Å². The molecule has 0 aliphatic carbocycles. The number of aryl methyl sites for hydroxylation is 1. The molecule has 0 unspecified atom stereocenters. The third kappa shape index (κ3) is 4.50. The number of nitrogens with one attached hydrogen (secondary N) is 2. The Morgan fingerprint density at radius 1 is 1.00 bits per heavy atom. The molecule has 0 saturated heterocycles. The molecule has 7 nitrogen and oxygen atoms in total. The molecule has 144 valence electrons. The highest BCUT2D eigenvalue weighted by Gasteiger charge is 2.13. The monoisotopic (exact) mass is 398 g/mol. The fraction of sp³-hybridized carbons (Fsp3) is 0.150. The smallest absolute Gasteiger partial charge is 0.274 e.